The first-order valence-electron chi connectivity index (χ1n) is 6.08. The van der Waals surface area contributed by atoms with E-state index in [4.69, 9.17) is 0 Å². The summed E-state index contributed by atoms with van der Waals surface area (Å²) in [5.41, 5.74) is 2.76. The van der Waals surface area contributed by atoms with Crippen LogP contribution in [0.25, 0.3) is 10.9 Å². The summed E-state index contributed by atoms with van der Waals surface area (Å²) in [6.07, 6.45) is 0.627. The maximum Gasteiger partial charge on any atom is 0.251 e. The quantitative estimate of drug-likeness (QED) is 0.765. The van der Waals surface area contributed by atoms with Crippen LogP contribution in [0.3, 0.4) is 0 Å². The van der Waals surface area contributed by atoms with E-state index in [-0.39, 0.29) is 5.56 Å². The number of aromatic nitrogens is 1. The Labute approximate surface area is 119 Å². The van der Waals surface area contributed by atoms with Crippen LogP contribution in [0.5, 0.6) is 0 Å². The molecule has 0 bridgehead atoms. The number of hydrogen-bond acceptors (Lipinski definition) is 1. The van der Waals surface area contributed by atoms with Crippen LogP contribution in [0.4, 0.5) is 0 Å². The van der Waals surface area contributed by atoms with Gasteiger partial charge in [-0.3, -0.25) is 4.79 Å². The second-order valence-electron chi connectivity index (χ2n) is 4.48. The van der Waals surface area contributed by atoms with E-state index in [1.54, 1.807) is 0 Å². The fourth-order valence-electron chi connectivity index (χ4n) is 2.17. The molecular weight excluding hydrogens is 302 g/mol. The first-order valence-corrected chi connectivity index (χ1v) is 6.88. The molecular formula is C16H12BrNO. The third-order valence-corrected chi connectivity index (χ3v) is 3.94. The topological polar surface area (TPSA) is 32.9 Å². The molecule has 1 aromatic heterocycles. The predicted molar refractivity (Wildman–Crippen MR) is 81.5 cm³/mol. The summed E-state index contributed by atoms with van der Waals surface area (Å²) in [5, 5.41) is 1.06. The molecule has 0 fully saturated rings. The SMILES string of the molecule is O=c1[nH]c2ccccc2cc1Cc1ccccc1Br. The molecule has 2 aromatic carbocycles. The summed E-state index contributed by atoms with van der Waals surface area (Å²) in [6.45, 7) is 0. The van der Waals surface area contributed by atoms with Gasteiger partial charge >= 0.3 is 0 Å². The normalized spacial score (nSPS) is 10.8. The van der Waals surface area contributed by atoms with Gasteiger partial charge < -0.3 is 4.98 Å². The largest absolute Gasteiger partial charge is 0.322 e. The number of para-hydroxylation sites is 1. The zero-order valence-electron chi connectivity index (χ0n) is 10.2. The number of halogens is 1. The van der Waals surface area contributed by atoms with Crippen molar-refractivity contribution in [2.45, 2.75) is 6.42 Å². The minimum atomic E-state index is -0.0190. The van der Waals surface area contributed by atoms with Crippen LogP contribution in [-0.2, 0) is 6.42 Å². The molecule has 1 N–H and O–H groups in total. The monoisotopic (exact) mass is 313 g/mol. The number of hydrogen-bond donors (Lipinski definition) is 1. The van der Waals surface area contributed by atoms with Gasteiger partial charge in [0.25, 0.3) is 5.56 Å². The Balaban J connectivity index is 2.08. The maximum absolute atomic E-state index is 12.1. The lowest BCUT2D eigenvalue weighted by atomic mass is 10.0. The van der Waals surface area contributed by atoms with Crippen molar-refractivity contribution < 1.29 is 0 Å². The zero-order valence-corrected chi connectivity index (χ0v) is 11.8. The molecule has 0 saturated heterocycles. The lowest BCUT2D eigenvalue weighted by Gasteiger charge is -2.05. The van der Waals surface area contributed by atoms with Crippen molar-refractivity contribution in [1.29, 1.82) is 0 Å². The van der Waals surface area contributed by atoms with Crippen molar-refractivity contribution in [3.8, 4) is 0 Å². The van der Waals surface area contributed by atoms with Crippen LogP contribution in [-0.4, -0.2) is 4.98 Å². The lowest BCUT2D eigenvalue weighted by Crippen LogP contribution is -2.12. The number of rotatable bonds is 2. The van der Waals surface area contributed by atoms with Crippen molar-refractivity contribution >= 4 is 26.8 Å². The number of aromatic amines is 1. The van der Waals surface area contributed by atoms with Gasteiger partial charge in [0.05, 0.1) is 0 Å². The molecule has 19 heavy (non-hydrogen) atoms. The number of pyridine rings is 1. The Morgan fingerprint density at radius 2 is 1.68 bits per heavy atom. The van der Waals surface area contributed by atoms with E-state index in [0.717, 1.165) is 26.5 Å². The van der Waals surface area contributed by atoms with Crippen molar-refractivity contribution in [2.75, 3.05) is 0 Å². The van der Waals surface area contributed by atoms with E-state index in [9.17, 15) is 4.79 Å². The molecule has 0 saturated carbocycles. The van der Waals surface area contributed by atoms with E-state index in [2.05, 4.69) is 20.9 Å². The molecule has 0 spiro atoms. The van der Waals surface area contributed by atoms with Crippen LogP contribution < -0.4 is 5.56 Å². The van der Waals surface area contributed by atoms with Crippen LogP contribution in [0.15, 0.2) is 63.9 Å². The summed E-state index contributed by atoms with van der Waals surface area (Å²) in [7, 11) is 0. The highest BCUT2D eigenvalue weighted by Crippen LogP contribution is 2.19. The summed E-state index contributed by atoms with van der Waals surface area (Å²) >= 11 is 3.52. The summed E-state index contributed by atoms with van der Waals surface area (Å²) in [5.74, 6) is 0. The third kappa shape index (κ3) is 2.47. The Bertz CT molecular complexity index is 792. The Morgan fingerprint density at radius 3 is 2.53 bits per heavy atom. The van der Waals surface area contributed by atoms with E-state index in [1.807, 2.05) is 54.6 Å². The molecule has 2 nitrogen and oxygen atoms in total. The smallest absolute Gasteiger partial charge is 0.251 e. The first kappa shape index (κ1) is 12.2. The highest BCUT2D eigenvalue weighted by molar-refractivity contribution is 9.10. The molecule has 0 atom stereocenters. The number of fused-ring (bicyclic) bond motifs is 1. The summed E-state index contributed by atoms with van der Waals surface area (Å²) in [4.78, 5) is 15.0. The maximum atomic E-state index is 12.1. The standard InChI is InChI=1S/C16H12BrNO/c17-14-7-3-1-5-11(14)9-13-10-12-6-2-4-8-15(12)18-16(13)19/h1-8,10H,9H2,(H,18,19). The highest BCUT2D eigenvalue weighted by Gasteiger charge is 2.06. The van der Waals surface area contributed by atoms with Gasteiger partial charge in [0.2, 0.25) is 0 Å². The lowest BCUT2D eigenvalue weighted by molar-refractivity contribution is 1.11. The van der Waals surface area contributed by atoms with Gasteiger partial charge in [-0.25, -0.2) is 0 Å². The van der Waals surface area contributed by atoms with E-state index in [1.165, 1.54) is 0 Å². The fraction of sp³-hybridized carbons (Fsp3) is 0.0625. The average molecular weight is 314 g/mol. The molecule has 3 aromatic rings. The van der Waals surface area contributed by atoms with Crippen molar-refractivity contribution in [3.05, 3.63) is 80.6 Å². The zero-order chi connectivity index (χ0) is 13.2. The third-order valence-electron chi connectivity index (χ3n) is 3.17. The Hall–Kier alpha value is -1.87. The molecule has 0 amide bonds. The molecule has 0 aliphatic heterocycles. The Morgan fingerprint density at radius 1 is 0.947 bits per heavy atom. The summed E-state index contributed by atoms with van der Waals surface area (Å²) < 4.78 is 1.03. The second kappa shape index (κ2) is 5.02. The van der Waals surface area contributed by atoms with E-state index >= 15 is 0 Å². The molecule has 1 heterocycles. The van der Waals surface area contributed by atoms with Crippen molar-refractivity contribution in [3.63, 3.8) is 0 Å². The molecule has 3 heteroatoms. The average Bonchev–Trinajstić information content (AvgIpc) is 2.42. The van der Waals surface area contributed by atoms with Crippen LogP contribution >= 0.6 is 15.9 Å². The van der Waals surface area contributed by atoms with Crippen LogP contribution in [0, 0.1) is 0 Å². The molecule has 3 rings (SSSR count). The summed E-state index contributed by atoms with van der Waals surface area (Å²) in [6, 6.07) is 17.8. The number of nitrogens with one attached hydrogen (secondary N) is 1. The van der Waals surface area contributed by atoms with E-state index in [0.29, 0.717) is 6.42 Å². The van der Waals surface area contributed by atoms with E-state index < -0.39 is 0 Å². The fourth-order valence-corrected chi connectivity index (χ4v) is 2.60. The highest BCUT2D eigenvalue weighted by atomic mass is 79.9. The molecule has 94 valence electrons. The molecule has 0 aliphatic carbocycles. The Kier molecular flexibility index (Phi) is 3.22. The van der Waals surface area contributed by atoms with Crippen molar-refractivity contribution in [2.24, 2.45) is 0 Å². The van der Waals surface area contributed by atoms with Crippen molar-refractivity contribution in [1.82, 2.24) is 4.98 Å². The van der Waals surface area contributed by atoms with Gasteiger partial charge in [-0.05, 0) is 29.1 Å². The molecule has 0 aliphatic rings. The van der Waals surface area contributed by atoms with Gasteiger partial charge in [-0.2, -0.15) is 0 Å². The van der Waals surface area contributed by atoms with Gasteiger partial charge in [-0.1, -0.05) is 52.3 Å². The van der Waals surface area contributed by atoms with Gasteiger partial charge in [-0.15, -0.1) is 0 Å². The molecule has 0 unspecified atom stereocenters. The predicted octanol–water partition coefficient (Wildman–Crippen LogP) is 3.88. The minimum absolute atomic E-state index is 0.0190. The first-order chi connectivity index (χ1) is 9.24. The van der Waals surface area contributed by atoms with Crippen LogP contribution in [0.2, 0.25) is 0 Å². The van der Waals surface area contributed by atoms with Gasteiger partial charge in [0.15, 0.2) is 0 Å². The van der Waals surface area contributed by atoms with Gasteiger partial charge in [0, 0.05) is 22.0 Å². The van der Waals surface area contributed by atoms with Crippen LogP contribution in [0.1, 0.15) is 11.1 Å². The van der Waals surface area contributed by atoms with Gasteiger partial charge in [0.1, 0.15) is 0 Å². The number of benzene rings is 2. The minimum Gasteiger partial charge on any atom is -0.322 e. The number of H-pyrrole nitrogens is 1. The second-order valence-corrected chi connectivity index (χ2v) is 5.33. The molecule has 0 radical (unpaired) electrons.